The molecule has 4 heteroatoms. The average molecular weight is 190 g/mol. The van der Waals surface area contributed by atoms with Gasteiger partial charge in [-0.3, -0.25) is 0 Å². The fraction of sp³-hybridized carbons (Fsp3) is 0.222. The van der Waals surface area contributed by atoms with E-state index in [1.54, 1.807) is 0 Å². The number of rotatable bonds is 0. The zero-order chi connectivity index (χ0) is 8.67. The molecule has 3 heterocycles. The number of fused-ring (bicyclic) bond motifs is 3. The highest BCUT2D eigenvalue weighted by atomic mass is 32.2. The lowest BCUT2D eigenvalue weighted by atomic mass is 10.3. The van der Waals surface area contributed by atoms with E-state index in [1.807, 2.05) is 34.9 Å². The predicted molar refractivity (Wildman–Crippen MR) is 50.5 cm³/mol. The van der Waals surface area contributed by atoms with Crippen molar-refractivity contribution in [2.75, 3.05) is 5.75 Å². The Morgan fingerprint density at radius 2 is 2.46 bits per heavy atom. The van der Waals surface area contributed by atoms with E-state index in [0.717, 1.165) is 23.2 Å². The molecule has 64 valence electrons. The number of pyridine rings is 1. The first-order chi connectivity index (χ1) is 6.45. The summed E-state index contributed by atoms with van der Waals surface area (Å²) in [5.74, 6) is 1.11. The van der Waals surface area contributed by atoms with Gasteiger partial charge in [0.25, 0.3) is 5.03 Å². The lowest BCUT2D eigenvalue weighted by Gasteiger charge is -1.94. The second-order valence-corrected chi connectivity index (χ2v) is 4.05. The third-order valence-electron chi connectivity index (χ3n) is 2.15. The van der Waals surface area contributed by atoms with E-state index in [-0.39, 0.29) is 0 Å². The quantitative estimate of drug-likeness (QED) is 0.581. The third-order valence-corrected chi connectivity index (χ3v) is 3.22. The van der Waals surface area contributed by atoms with Crippen LogP contribution in [-0.4, -0.2) is 15.8 Å². The van der Waals surface area contributed by atoms with Crippen LogP contribution < -0.4 is 4.68 Å². The lowest BCUT2D eigenvalue weighted by Crippen LogP contribution is -2.37. The van der Waals surface area contributed by atoms with Crippen molar-refractivity contribution >= 4 is 22.7 Å². The smallest absolute Gasteiger partial charge is 0.248 e. The first kappa shape index (κ1) is 7.26. The predicted octanol–water partition coefficient (Wildman–Crippen LogP) is 1.02. The molecule has 0 spiro atoms. The van der Waals surface area contributed by atoms with Gasteiger partial charge in [0.2, 0.25) is 0 Å². The van der Waals surface area contributed by atoms with Gasteiger partial charge in [0.1, 0.15) is 6.20 Å². The number of aryl methyl sites for hydroxylation is 1. The second kappa shape index (κ2) is 2.67. The van der Waals surface area contributed by atoms with E-state index in [1.165, 1.54) is 5.03 Å². The van der Waals surface area contributed by atoms with Gasteiger partial charge in [0, 0.05) is 11.6 Å². The minimum atomic E-state index is 1.01. The third kappa shape index (κ3) is 1.02. The van der Waals surface area contributed by atoms with Crippen molar-refractivity contribution in [3.05, 3.63) is 24.5 Å². The molecule has 1 aliphatic heterocycles. The molecule has 0 N–H and O–H groups in total. The molecular formula is C9H8N3S+. The van der Waals surface area contributed by atoms with Crippen LogP contribution in [0.15, 0.2) is 29.6 Å². The van der Waals surface area contributed by atoms with E-state index < -0.39 is 0 Å². The monoisotopic (exact) mass is 190 g/mol. The highest BCUT2D eigenvalue weighted by Crippen LogP contribution is 2.24. The largest absolute Gasteiger partial charge is 0.292 e. The molecule has 0 amide bonds. The van der Waals surface area contributed by atoms with Crippen molar-refractivity contribution in [2.24, 2.45) is 0 Å². The first-order valence-corrected chi connectivity index (χ1v) is 5.20. The summed E-state index contributed by atoms with van der Waals surface area (Å²) in [6.45, 7) is 1.01. The van der Waals surface area contributed by atoms with E-state index >= 15 is 0 Å². The summed E-state index contributed by atoms with van der Waals surface area (Å²) >= 11 is 1.84. The Hall–Kier alpha value is -1.16. The summed E-state index contributed by atoms with van der Waals surface area (Å²) < 4.78 is 2.03. The van der Waals surface area contributed by atoms with Crippen LogP contribution >= 0.6 is 11.8 Å². The molecule has 0 aliphatic carbocycles. The van der Waals surface area contributed by atoms with Gasteiger partial charge >= 0.3 is 0 Å². The van der Waals surface area contributed by atoms with E-state index in [0.29, 0.717) is 0 Å². The van der Waals surface area contributed by atoms with Gasteiger partial charge in [0.05, 0.1) is 5.75 Å². The minimum Gasteiger partial charge on any atom is -0.248 e. The minimum absolute atomic E-state index is 1.01. The summed E-state index contributed by atoms with van der Waals surface area (Å²) in [5.41, 5.74) is 1.08. The molecule has 0 bridgehead atoms. The average Bonchev–Trinajstić information content (AvgIpc) is 2.65. The van der Waals surface area contributed by atoms with Crippen molar-refractivity contribution < 1.29 is 4.68 Å². The number of nitrogens with zero attached hydrogens (tertiary/aromatic N) is 3. The maximum absolute atomic E-state index is 4.37. The Morgan fingerprint density at radius 1 is 1.46 bits per heavy atom. The Morgan fingerprint density at radius 3 is 3.46 bits per heavy atom. The van der Waals surface area contributed by atoms with Gasteiger partial charge in [-0.05, 0) is 29.0 Å². The van der Waals surface area contributed by atoms with E-state index in [9.17, 15) is 0 Å². The molecule has 0 atom stereocenters. The van der Waals surface area contributed by atoms with Crippen LogP contribution in [0.25, 0.3) is 10.9 Å². The molecule has 1 aliphatic rings. The molecule has 0 unspecified atom stereocenters. The summed E-state index contributed by atoms with van der Waals surface area (Å²) in [5, 5.41) is 6.68. The molecule has 3 rings (SSSR count). The van der Waals surface area contributed by atoms with Gasteiger partial charge in [0.15, 0.2) is 12.1 Å². The normalized spacial score (nSPS) is 14.8. The zero-order valence-electron chi connectivity index (χ0n) is 6.97. The summed E-state index contributed by atoms with van der Waals surface area (Å²) in [6.07, 6.45) is 3.72. The van der Waals surface area contributed by atoms with Crippen LogP contribution in [0.3, 0.4) is 0 Å². The van der Waals surface area contributed by atoms with Crippen LogP contribution in [0, 0.1) is 0 Å². The SMILES string of the molecule is c1cnc2c3[n+](ncc2c1)CCS3. The number of thioether (sulfide) groups is 1. The maximum atomic E-state index is 4.37. The number of hydrogen-bond acceptors (Lipinski definition) is 3. The summed E-state index contributed by atoms with van der Waals surface area (Å²) in [7, 11) is 0. The van der Waals surface area contributed by atoms with Crippen LogP contribution in [0.2, 0.25) is 0 Å². The van der Waals surface area contributed by atoms with Gasteiger partial charge in [-0.2, -0.15) is 0 Å². The fourth-order valence-electron chi connectivity index (χ4n) is 1.54. The van der Waals surface area contributed by atoms with Crippen LogP contribution in [0.1, 0.15) is 0 Å². The molecule has 0 aromatic carbocycles. The number of hydrogen-bond donors (Lipinski definition) is 0. The molecule has 0 saturated carbocycles. The van der Waals surface area contributed by atoms with Gasteiger partial charge < -0.3 is 0 Å². The highest BCUT2D eigenvalue weighted by Gasteiger charge is 2.24. The molecule has 0 fully saturated rings. The molecule has 3 nitrogen and oxygen atoms in total. The van der Waals surface area contributed by atoms with Crippen molar-refractivity contribution in [3.63, 3.8) is 0 Å². The van der Waals surface area contributed by atoms with E-state index in [2.05, 4.69) is 16.1 Å². The molecule has 0 radical (unpaired) electrons. The van der Waals surface area contributed by atoms with Crippen molar-refractivity contribution in [2.45, 2.75) is 11.6 Å². The van der Waals surface area contributed by atoms with Crippen LogP contribution in [-0.2, 0) is 6.54 Å². The van der Waals surface area contributed by atoms with Gasteiger partial charge in [-0.15, -0.1) is 0 Å². The topological polar surface area (TPSA) is 29.7 Å². The lowest BCUT2D eigenvalue weighted by molar-refractivity contribution is -0.777. The number of aromatic nitrogens is 3. The standard InChI is InChI=1S/C9H8N3S/c1-2-7-6-11-12-4-5-13-9(12)8(7)10-3-1/h1-3,6H,4-5H2/q+1. The fourth-order valence-corrected chi connectivity index (χ4v) is 2.59. The molecule has 13 heavy (non-hydrogen) atoms. The Balaban J connectivity index is 2.43. The molecule has 0 saturated heterocycles. The van der Waals surface area contributed by atoms with Crippen molar-refractivity contribution in [1.82, 2.24) is 10.1 Å². The van der Waals surface area contributed by atoms with Gasteiger partial charge in [-0.25, -0.2) is 4.98 Å². The highest BCUT2D eigenvalue weighted by molar-refractivity contribution is 7.99. The first-order valence-electron chi connectivity index (χ1n) is 4.22. The zero-order valence-corrected chi connectivity index (χ0v) is 7.79. The van der Waals surface area contributed by atoms with Crippen molar-refractivity contribution in [3.8, 4) is 0 Å². The van der Waals surface area contributed by atoms with Crippen molar-refractivity contribution in [1.29, 1.82) is 0 Å². The van der Waals surface area contributed by atoms with Gasteiger partial charge in [-0.1, -0.05) is 4.68 Å². The molecular weight excluding hydrogens is 182 g/mol. The Kier molecular flexibility index (Phi) is 1.49. The Bertz CT molecular complexity index is 469. The summed E-state index contributed by atoms with van der Waals surface area (Å²) in [4.78, 5) is 4.37. The maximum Gasteiger partial charge on any atom is 0.292 e. The second-order valence-electron chi connectivity index (χ2n) is 2.96. The molecule has 2 aromatic rings. The Labute approximate surface area is 79.8 Å². The summed E-state index contributed by atoms with van der Waals surface area (Å²) in [6, 6.07) is 4.00. The van der Waals surface area contributed by atoms with Crippen LogP contribution in [0.5, 0.6) is 0 Å². The molecule has 2 aromatic heterocycles. The van der Waals surface area contributed by atoms with E-state index in [4.69, 9.17) is 0 Å². The van der Waals surface area contributed by atoms with Crippen LogP contribution in [0.4, 0.5) is 0 Å².